The molecule has 1 fully saturated rings. The van der Waals surface area contributed by atoms with Crippen LogP contribution in [0.5, 0.6) is 0 Å². The van der Waals surface area contributed by atoms with Crippen LogP contribution in [-0.4, -0.2) is 124 Å². The van der Waals surface area contributed by atoms with Crippen LogP contribution in [0.3, 0.4) is 0 Å². The van der Waals surface area contributed by atoms with Crippen LogP contribution < -0.4 is 21.3 Å². The van der Waals surface area contributed by atoms with Crippen LogP contribution in [0.2, 0.25) is 0 Å². The van der Waals surface area contributed by atoms with E-state index in [1.807, 2.05) is 0 Å². The van der Waals surface area contributed by atoms with Gasteiger partial charge in [-0.3, -0.25) is 19.4 Å². The highest BCUT2D eigenvalue weighted by atomic mass is 16.5. The van der Waals surface area contributed by atoms with Crippen molar-refractivity contribution >= 4 is 23.8 Å². The minimum absolute atomic E-state index is 0.197. The van der Waals surface area contributed by atoms with E-state index in [0.29, 0.717) is 65.4 Å². The Bertz CT molecular complexity index is 547. The van der Waals surface area contributed by atoms with E-state index in [4.69, 9.17) is 9.47 Å². The predicted octanol–water partition coefficient (Wildman–Crippen LogP) is -2.08. The lowest BCUT2D eigenvalue weighted by molar-refractivity contribution is -0.155. The monoisotopic (exact) mass is 486 g/mol. The Morgan fingerprint density at radius 3 is 1.26 bits per heavy atom. The van der Waals surface area contributed by atoms with Gasteiger partial charge in [0.15, 0.2) is 12.1 Å². The SMILES string of the molecule is CCNC(=O)C(C(=O)OCC)N1CCNCCN(C(C(=O)NCC)C(=O)OCC)CCNCC1. The lowest BCUT2D eigenvalue weighted by Crippen LogP contribution is -2.57. The maximum Gasteiger partial charge on any atom is 0.333 e. The van der Waals surface area contributed by atoms with Crippen molar-refractivity contribution in [2.45, 2.75) is 39.8 Å². The number of nitrogens with one attached hydrogen (secondary N) is 4. The first-order chi connectivity index (χ1) is 16.4. The fourth-order valence-electron chi connectivity index (χ4n) is 3.71. The highest BCUT2D eigenvalue weighted by molar-refractivity contribution is 6.02. The van der Waals surface area contributed by atoms with Gasteiger partial charge in [0.1, 0.15) is 0 Å². The molecule has 0 spiro atoms. The van der Waals surface area contributed by atoms with Gasteiger partial charge in [-0.25, -0.2) is 9.59 Å². The first-order valence-corrected chi connectivity index (χ1v) is 12.2. The maximum absolute atomic E-state index is 12.6. The normalized spacial score (nSPS) is 18.5. The Labute approximate surface area is 202 Å². The fourth-order valence-corrected chi connectivity index (χ4v) is 3.71. The quantitative estimate of drug-likeness (QED) is 0.201. The number of likely N-dealkylation sites (N-methyl/N-ethyl adjacent to an activating group) is 2. The van der Waals surface area contributed by atoms with E-state index in [1.165, 1.54) is 0 Å². The summed E-state index contributed by atoms with van der Waals surface area (Å²) in [4.78, 5) is 53.9. The summed E-state index contributed by atoms with van der Waals surface area (Å²) in [6, 6.07) is -2.04. The molecular weight excluding hydrogens is 444 g/mol. The summed E-state index contributed by atoms with van der Waals surface area (Å²) in [5, 5.41) is 12.0. The van der Waals surface area contributed by atoms with Gasteiger partial charge in [-0.2, -0.15) is 0 Å². The summed E-state index contributed by atoms with van der Waals surface area (Å²) in [5.74, 6) is -1.88. The van der Waals surface area contributed by atoms with Crippen molar-refractivity contribution in [1.82, 2.24) is 31.1 Å². The molecule has 0 aromatic heterocycles. The Morgan fingerprint density at radius 2 is 1.00 bits per heavy atom. The van der Waals surface area contributed by atoms with Crippen LogP contribution in [0.25, 0.3) is 0 Å². The average Bonchev–Trinajstić information content (AvgIpc) is 2.77. The standard InChI is InChI=1S/C22H42N6O6/c1-5-25-19(29)17(21(31)33-7-3)27-13-9-23-11-15-28(16-12-24-10-14-27)18(20(30)26-6-2)22(32)34-8-4/h17-18,23-24H,5-16H2,1-4H3,(H,25,29)(H,26,30). The third kappa shape index (κ3) is 9.92. The molecule has 4 N–H and O–H groups in total. The molecule has 34 heavy (non-hydrogen) atoms. The van der Waals surface area contributed by atoms with Gasteiger partial charge in [-0.05, 0) is 27.7 Å². The van der Waals surface area contributed by atoms with E-state index in [9.17, 15) is 19.2 Å². The second kappa shape index (κ2) is 17.2. The van der Waals surface area contributed by atoms with Crippen molar-refractivity contribution in [1.29, 1.82) is 0 Å². The summed E-state index contributed by atoms with van der Waals surface area (Å²) in [5.41, 5.74) is 0. The van der Waals surface area contributed by atoms with Crippen molar-refractivity contribution in [3.63, 3.8) is 0 Å². The molecule has 12 heteroatoms. The molecule has 0 aromatic rings. The number of amides is 2. The summed E-state index contributed by atoms with van der Waals surface area (Å²) < 4.78 is 10.3. The lowest BCUT2D eigenvalue weighted by atomic mass is 10.2. The molecule has 1 saturated heterocycles. The van der Waals surface area contributed by atoms with Crippen molar-refractivity contribution in [2.24, 2.45) is 0 Å². The molecule has 196 valence electrons. The van der Waals surface area contributed by atoms with Crippen molar-refractivity contribution < 1.29 is 28.7 Å². The minimum atomic E-state index is -1.02. The van der Waals surface area contributed by atoms with Gasteiger partial charge in [-0.1, -0.05) is 0 Å². The first-order valence-electron chi connectivity index (χ1n) is 12.2. The second-order valence-electron chi connectivity index (χ2n) is 7.67. The van der Waals surface area contributed by atoms with Crippen molar-refractivity contribution in [2.75, 3.05) is 78.7 Å². The van der Waals surface area contributed by atoms with Gasteiger partial charge in [-0.15, -0.1) is 0 Å². The van der Waals surface area contributed by atoms with Gasteiger partial charge in [0.05, 0.1) is 13.2 Å². The molecular formula is C22H42N6O6. The Morgan fingerprint density at radius 1 is 0.676 bits per heavy atom. The molecule has 1 rings (SSSR count). The zero-order chi connectivity index (χ0) is 25.3. The molecule has 2 atom stereocenters. The number of hydrogen-bond acceptors (Lipinski definition) is 10. The van der Waals surface area contributed by atoms with Crippen LogP contribution in [-0.2, 0) is 28.7 Å². The second-order valence-corrected chi connectivity index (χ2v) is 7.67. The zero-order valence-electron chi connectivity index (χ0n) is 21.0. The Kier molecular flexibility index (Phi) is 15.0. The maximum atomic E-state index is 12.6. The molecule has 1 aliphatic rings. The number of ether oxygens (including phenoxy) is 2. The van der Waals surface area contributed by atoms with Crippen LogP contribution >= 0.6 is 0 Å². The minimum Gasteiger partial charge on any atom is -0.464 e. The summed E-state index contributed by atoms with van der Waals surface area (Å²) >= 11 is 0. The number of carbonyl (C=O) groups excluding carboxylic acids is 4. The van der Waals surface area contributed by atoms with E-state index in [-0.39, 0.29) is 25.0 Å². The third-order valence-electron chi connectivity index (χ3n) is 5.25. The number of nitrogens with zero attached hydrogens (tertiary/aromatic N) is 2. The average molecular weight is 487 g/mol. The van der Waals surface area contributed by atoms with Gasteiger partial charge >= 0.3 is 11.9 Å². The van der Waals surface area contributed by atoms with E-state index in [0.717, 1.165) is 0 Å². The molecule has 0 saturated carbocycles. The summed E-state index contributed by atoms with van der Waals surface area (Å²) in [6.45, 7) is 12.1. The third-order valence-corrected chi connectivity index (χ3v) is 5.25. The highest BCUT2D eigenvalue weighted by Crippen LogP contribution is 2.06. The molecule has 0 radical (unpaired) electrons. The number of hydrogen-bond donors (Lipinski definition) is 4. The number of esters is 2. The molecule has 2 unspecified atom stereocenters. The predicted molar refractivity (Wildman–Crippen MR) is 127 cm³/mol. The molecule has 2 amide bonds. The summed E-state index contributed by atoms with van der Waals surface area (Å²) in [6.07, 6.45) is 0. The Balaban J connectivity index is 2.89. The van der Waals surface area contributed by atoms with E-state index in [1.54, 1.807) is 37.5 Å². The van der Waals surface area contributed by atoms with Gasteiger partial charge in [0.25, 0.3) is 0 Å². The van der Waals surface area contributed by atoms with Crippen LogP contribution in [0.1, 0.15) is 27.7 Å². The molecule has 1 aliphatic heterocycles. The molecule has 0 aliphatic carbocycles. The first kappa shape index (κ1) is 29.8. The van der Waals surface area contributed by atoms with Crippen LogP contribution in [0, 0.1) is 0 Å². The van der Waals surface area contributed by atoms with Crippen molar-refractivity contribution in [3.05, 3.63) is 0 Å². The number of rotatable bonds is 10. The van der Waals surface area contributed by atoms with E-state index >= 15 is 0 Å². The molecule has 0 aromatic carbocycles. The topological polar surface area (TPSA) is 141 Å². The summed E-state index contributed by atoms with van der Waals surface area (Å²) in [7, 11) is 0. The van der Waals surface area contributed by atoms with Gasteiger partial charge in [0.2, 0.25) is 11.8 Å². The van der Waals surface area contributed by atoms with Crippen molar-refractivity contribution in [3.8, 4) is 0 Å². The zero-order valence-corrected chi connectivity index (χ0v) is 21.0. The largest absolute Gasteiger partial charge is 0.464 e. The van der Waals surface area contributed by atoms with Crippen LogP contribution in [0.4, 0.5) is 0 Å². The molecule has 12 nitrogen and oxygen atoms in total. The lowest BCUT2D eigenvalue weighted by Gasteiger charge is -2.32. The molecule has 0 bridgehead atoms. The smallest absolute Gasteiger partial charge is 0.333 e. The van der Waals surface area contributed by atoms with Crippen LogP contribution in [0.15, 0.2) is 0 Å². The molecule has 1 heterocycles. The van der Waals surface area contributed by atoms with Gasteiger partial charge in [0, 0.05) is 65.4 Å². The fraction of sp³-hybridized carbons (Fsp3) is 0.818. The van der Waals surface area contributed by atoms with E-state index < -0.39 is 24.0 Å². The number of carbonyl (C=O) groups is 4. The van der Waals surface area contributed by atoms with E-state index in [2.05, 4.69) is 21.3 Å². The van der Waals surface area contributed by atoms with Gasteiger partial charge < -0.3 is 30.7 Å². The highest BCUT2D eigenvalue weighted by Gasteiger charge is 2.35. The Hall–Kier alpha value is -2.28.